The zero-order valence-electron chi connectivity index (χ0n) is 7.42. The Balaban J connectivity index is 2.77. The lowest BCUT2D eigenvalue weighted by atomic mass is 10.2. The second kappa shape index (κ2) is 3.75. The van der Waals surface area contributed by atoms with Crippen LogP contribution in [0.1, 0.15) is 0 Å². The molecule has 0 amide bonds. The average molecular weight is 273 g/mol. The minimum atomic E-state index is 0.495. The third-order valence-corrected chi connectivity index (χ3v) is 2.98. The second-order valence-electron chi connectivity index (χ2n) is 2.78. The number of rotatable bonds is 1. The molecule has 0 aliphatic carbocycles. The van der Waals surface area contributed by atoms with Crippen LogP contribution >= 0.6 is 27.5 Å². The lowest BCUT2D eigenvalue weighted by molar-refractivity contribution is 0.413. The van der Waals surface area contributed by atoms with Gasteiger partial charge in [0.15, 0.2) is 0 Å². The fourth-order valence-electron chi connectivity index (χ4n) is 1.28. The predicted octanol–water partition coefficient (Wildman–Crippen LogP) is 3.66. The van der Waals surface area contributed by atoms with E-state index in [1.807, 2.05) is 18.2 Å². The van der Waals surface area contributed by atoms with Crippen molar-refractivity contribution in [3.63, 3.8) is 0 Å². The molecule has 2 nitrogen and oxygen atoms in total. The van der Waals surface area contributed by atoms with Crippen LogP contribution < -0.4 is 4.74 Å². The highest BCUT2D eigenvalue weighted by Crippen LogP contribution is 2.32. The molecule has 2 aromatic rings. The summed E-state index contributed by atoms with van der Waals surface area (Å²) in [6, 6.07) is 7.41. The standard InChI is InChI=1S/C10H7BrClNO/c1-14-8-4-3-7-6(10(8)11)2-5-9(12)13-7/h2-5H,1H3. The fourth-order valence-corrected chi connectivity index (χ4v) is 2.06. The Morgan fingerprint density at radius 2 is 2.07 bits per heavy atom. The normalized spacial score (nSPS) is 10.5. The number of nitrogens with zero attached hydrogens (tertiary/aromatic N) is 1. The molecule has 0 fully saturated rings. The number of benzene rings is 1. The lowest BCUT2D eigenvalue weighted by Gasteiger charge is -2.05. The van der Waals surface area contributed by atoms with Crippen LogP contribution in [0.4, 0.5) is 0 Å². The molecular formula is C10H7BrClNO. The van der Waals surface area contributed by atoms with Crippen molar-refractivity contribution in [3.05, 3.63) is 33.9 Å². The summed E-state index contributed by atoms with van der Waals surface area (Å²) < 4.78 is 6.08. The topological polar surface area (TPSA) is 22.1 Å². The molecular weight excluding hydrogens is 265 g/mol. The maximum Gasteiger partial charge on any atom is 0.133 e. The zero-order chi connectivity index (χ0) is 10.1. The van der Waals surface area contributed by atoms with Gasteiger partial charge in [-0.1, -0.05) is 11.6 Å². The van der Waals surface area contributed by atoms with E-state index in [1.165, 1.54) is 0 Å². The molecule has 0 spiro atoms. The number of ether oxygens (including phenoxy) is 1. The van der Waals surface area contributed by atoms with Crippen molar-refractivity contribution >= 4 is 38.4 Å². The number of hydrogen-bond acceptors (Lipinski definition) is 2. The van der Waals surface area contributed by atoms with Crippen LogP contribution in [0.15, 0.2) is 28.7 Å². The fraction of sp³-hybridized carbons (Fsp3) is 0.100. The Hall–Kier alpha value is -0.800. The third kappa shape index (κ3) is 1.57. The van der Waals surface area contributed by atoms with E-state index in [0.29, 0.717) is 5.15 Å². The van der Waals surface area contributed by atoms with Crippen LogP contribution in [0, 0.1) is 0 Å². The van der Waals surface area contributed by atoms with E-state index in [0.717, 1.165) is 21.1 Å². The Bertz CT molecular complexity index is 487. The van der Waals surface area contributed by atoms with Crippen molar-refractivity contribution in [2.45, 2.75) is 0 Å². The minimum absolute atomic E-state index is 0.495. The van der Waals surface area contributed by atoms with Crippen LogP contribution in [-0.2, 0) is 0 Å². The molecule has 0 N–H and O–H groups in total. The number of hydrogen-bond donors (Lipinski definition) is 0. The van der Waals surface area contributed by atoms with Gasteiger partial charge in [0.2, 0.25) is 0 Å². The molecule has 0 bridgehead atoms. The largest absolute Gasteiger partial charge is 0.496 e. The van der Waals surface area contributed by atoms with Crippen molar-refractivity contribution in [2.24, 2.45) is 0 Å². The van der Waals surface area contributed by atoms with E-state index in [9.17, 15) is 0 Å². The molecule has 0 unspecified atom stereocenters. The van der Waals surface area contributed by atoms with Gasteiger partial charge in [-0.25, -0.2) is 4.98 Å². The van der Waals surface area contributed by atoms with Gasteiger partial charge in [0.05, 0.1) is 17.1 Å². The maximum absolute atomic E-state index is 5.79. The summed E-state index contributed by atoms with van der Waals surface area (Å²) in [4.78, 5) is 4.19. The van der Waals surface area contributed by atoms with Gasteiger partial charge in [0, 0.05) is 5.39 Å². The molecule has 1 aromatic carbocycles. The molecule has 1 heterocycles. The van der Waals surface area contributed by atoms with Gasteiger partial charge in [-0.05, 0) is 40.2 Å². The van der Waals surface area contributed by atoms with E-state index in [-0.39, 0.29) is 0 Å². The quantitative estimate of drug-likeness (QED) is 0.739. The average Bonchev–Trinajstić information content (AvgIpc) is 2.18. The Morgan fingerprint density at radius 1 is 1.29 bits per heavy atom. The molecule has 4 heteroatoms. The summed E-state index contributed by atoms with van der Waals surface area (Å²) >= 11 is 9.25. The number of pyridine rings is 1. The van der Waals surface area contributed by atoms with E-state index in [1.54, 1.807) is 13.2 Å². The number of methoxy groups -OCH3 is 1. The molecule has 0 aliphatic rings. The Kier molecular flexibility index (Phi) is 2.61. The summed E-state index contributed by atoms with van der Waals surface area (Å²) in [6.45, 7) is 0. The summed E-state index contributed by atoms with van der Waals surface area (Å²) in [5.41, 5.74) is 0.852. The van der Waals surface area contributed by atoms with Crippen LogP contribution in [0.2, 0.25) is 5.15 Å². The van der Waals surface area contributed by atoms with Crippen LogP contribution in [0.5, 0.6) is 5.75 Å². The second-order valence-corrected chi connectivity index (χ2v) is 3.96. The highest BCUT2D eigenvalue weighted by atomic mass is 79.9. The first-order valence-electron chi connectivity index (χ1n) is 4.01. The van der Waals surface area contributed by atoms with Crippen LogP contribution in [-0.4, -0.2) is 12.1 Å². The van der Waals surface area contributed by atoms with Crippen molar-refractivity contribution in [1.82, 2.24) is 4.98 Å². The van der Waals surface area contributed by atoms with Gasteiger partial charge < -0.3 is 4.74 Å². The molecule has 1 aromatic heterocycles. The highest BCUT2D eigenvalue weighted by molar-refractivity contribution is 9.10. The van der Waals surface area contributed by atoms with Gasteiger partial charge in [-0.2, -0.15) is 0 Å². The number of aromatic nitrogens is 1. The van der Waals surface area contributed by atoms with Gasteiger partial charge >= 0.3 is 0 Å². The predicted molar refractivity (Wildman–Crippen MR) is 61.0 cm³/mol. The van der Waals surface area contributed by atoms with E-state index >= 15 is 0 Å². The van der Waals surface area contributed by atoms with Gasteiger partial charge in [-0.15, -0.1) is 0 Å². The van der Waals surface area contributed by atoms with Crippen molar-refractivity contribution in [1.29, 1.82) is 0 Å². The Labute approximate surface area is 95.0 Å². The minimum Gasteiger partial charge on any atom is -0.496 e. The smallest absolute Gasteiger partial charge is 0.133 e. The maximum atomic E-state index is 5.79. The lowest BCUT2D eigenvalue weighted by Crippen LogP contribution is -1.87. The summed E-state index contributed by atoms with van der Waals surface area (Å²) in [6.07, 6.45) is 0. The number of halogens is 2. The van der Waals surface area contributed by atoms with E-state index < -0.39 is 0 Å². The monoisotopic (exact) mass is 271 g/mol. The van der Waals surface area contributed by atoms with Crippen LogP contribution in [0.3, 0.4) is 0 Å². The van der Waals surface area contributed by atoms with E-state index in [2.05, 4.69) is 20.9 Å². The molecule has 0 radical (unpaired) electrons. The summed E-state index contributed by atoms with van der Waals surface area (Å²) in [7, 11) is 1.63. The first-order valence-corrected chi connectivity index (χ1v) is 5.18. The first kappa shape index (κ1) is 9.74. The Morgan fingerprint density at radius 3 is 2.79 bits per heavy atom. The summed E-state index contributed by atoms with van der Waals surface area (Å²) in [5, 5.41) is 1.49. The SMILES string of the molecule is COc1ccc2nc(Cl)ccc2c1Br. The third-order valence-electron chi connectivity index (χ3n) is 1.96. The highest BCUT2D eigenvalue weighted by Gasteiger charge is 2.05. The van der Waals surface area contributed by atoms with Gasteiger partial charge in [0.25, 0.3) is 0 Å². The molecule has 0 atom stereocenters. The van der Waals surface area contributed by atoms with E-state index in [4.69, 9.17) is 16.3 Å². The summed E-state index contributed by atoms with van der Waals surface area (Å²) in [5.74, 6) is 0.793. The number of fused-ring (bicyclic) bond motifs is 1. The molecule has 72 valence electrons. The molecule has 0 aliphatic heterocycles. The van der Waals surface area contributed by atoms with Crippen molar-refractivity contribution in [3.8, 4) is 5.75 Å². The van der Waals surface area contributed by atoms with Crippen molar-refractivity contribution in [2.75, 3.05) is 7.11 Å². The molecule has 0 saturated heterocycles. The molecule has 2 rings (SSSR count). The first-order chi connectivity index (χ1) is 6.72. The molecule has 14 heavy (non-hydrogen) atoms. The van der Waals surface area contributed by atoms with Crippen molar-refractivity contribution < 1.29 is 4.74 Å². The zero-order valence-corrected chi connectivity index (χ0v) is 9.76. The van der Waals surface area contributed by atoms with Gasteiger partial charge in [0.1, 0.15) is 10.9 Å². The molecule has 0 saturated carbocycles. The van der Waals surface area contributed by atoms with Gasteiger partial charge in [-0.3, -0.25) is 0 Å². The van der Waals surface area contributed by atoms with Crippen LogP contribution in [0.25, 0.3) is 10.9 Å².